The molecule has 1 rings (SSSR count). The molecule has 0 atom stereocenters. The predicted molar refractivity (Wildman–Crippen MR) is 40.6 cm³/mol. The first-order chi connectivity index (χ1) is 6.79. The van der Waals surface area contributed by atoms with Crippen molar-refractivity contribution >= 4 is 12.3 Å². The van der Waals surface area contributed by atoms with E-state index in [1.807, 2.05) is 0 Å². The minimum Gasteiger partial charge on any atom is -0.477 e. The first-order valence-corrected chi connectivity index (χ1v) is 3.61. The number of aldehydes is 1. The van der Waals surface area contributed by atoms with Gasteiger partial charge in [-0.25, -0.2) is 4.79 Å². The summed E-state index contributed by atoms with van der Waals surface area (Å²) in [7, 11) is 1.02. The van der Waals surface area contributed by atoms with E-state index in [1.54, 1.807) is 0 Å². The van der Waals surface area contributed by atoms with Crippen LogP contribution in [0.3, 0.4) is 0 Å². The number of nitrogens with zero attached hydrogens (tertiary/aromatic N) is 2. The van der Waals surface area contributed by atoms with E-state index in [2.05, 4.69) is 5.10 Å². The molecule has 1 aromatic rings. The molecule has 0 fully saturated rings. The number of carbonyl (C=O) groups excluding carboxylic acids is 1. The van der Waals surface area contributed by atoms with Crippen molar-refractivity contribution in [2.75, 3.05) is 0 Å². The average Bonchev–Trinajstić information content (AvgIpc) is 2.41. The molecular weight excluding hydrogens is 217 g/mol. The second-order valence-electron chi connectivity index (χ2n) is 2.65. The molecule has 0 saturated heterocycles. The van der Waals surface area contributed by atoms with E-state index in [0.29, 0.717) is 4.68 Å². The number of hydrogen-bond acceptors (Lipinski definition) is 3. The smallest absolute Gasteiger partial charge is 0.421 e. The van der Waals surface area contributed by atoms with Crippen LogP contribution < -0.4 is 0 Å². The Kier molecular flexibility index (Phi) is 2.52. The van der Waals surface area contributed by atoms with Crippen molar-refractivity contribution in [1.29, 1.82) is 0 Å². The SMILES string of the molecule is Cn1nc(C=O)c(C(F)(F)F)c1C(=O)O. The summed E-state index contributed by atoms with van der Waals surface area (Å²) in [4.78, 5) is 20.8. The minimum absolute atomic E-state index is 0.130. The summed E-state index contributed by atoms with van der Waals surface area (Å²) < 4.78 is 37.7. The first-order valence-electron chi connectivity index (χ1n) is 3.61. The Labute approximate surface area is 81.1 Å². The van der Waals surface area contributed by atoms with Crippen LogP contribution in [0.4, 0.5) is 13.2 Å². The number of carboxylic acids is 1. The van der Waals surface area contributed by atoms with Crippen LogP contribution in [-0.4, -0.2) is 27.1 Å². The van der Waals surface area contributed by atoms with E-state index in [1.165, 1.54) is 0 Å². The standard InChI is InChI=1S/C7H5F3N2O3/c1-12-5(6(14)15)4(7(8,9)10)3(2-13)11-12/h2H,1H3,(H,14,15). The zero-order valence-corrected chi connectivity index (χ0v) is 7.37. The molecule has 0 unspecified atom stereocenters. The largest absolute Gasteiger partial charge is 0.477 e. The van der Waals surface area contributed by atoms with E-state index in [0.717, 1.165) is 7.05 Å². The number of halogens is 3. The van der Waals surface area contributed by atoms with Crippen LogP contribution in [0.2, 0.25) is 0 Å². The monoisotopic (exact) mass is 222 g/mol. The van der Waals surface area contributed by atoms with E-state index in [-0.39, 0.29) is 6.29 Å². The van der Waals surface area contributed by atoms with Crippen molar-refractivity contribution in [1.82, 2.24) is 9.78 Å². The van der Waals surface area contributed by atoms with Gasteiger partial charge in [0.25, 0.3) is 0 Å². The number of alkyl halides is 3. The zero-order valence-electron chi connectivity index (χ0n) is 7.37. The molecule has 1 heterocycles. The topological polar surface area (TPSA) is 72.2 Å². The van der Waals surface area contributed by atoms with Gasteiger partial charge in [0.05, 0.1) is 0 Å². The fourth-order valence-corrected chi connectivity index (χ4v) is 1.15. The Bertz CT molecular complexity index is 422. The van der Waals surface area contributed by atoms with Gasteiger partial charge >= 0.3 is 12.1 Å². The highest BCUT2D eigenvalue weighted by molar-refractivity contribution is 5.91. The molecule has 0 spiro atoms. The number of carbonyl (C=O) groups is 2. The first kappa shape index (κ1) is 11.2. The Morgan fingerprint density at radius 1 is 1.53 bits per heavy atom. The maximum absolute atomic E-state index is 12.4. The number of hydrogen-bond donors (Lipinski definition) is 1. The van der Waals surface area contributed by atoms with E-state index < -0.39 is 29.1 Å². The van der Waals surface area contributed by atoms with E-state index in [9.17, 15) is 22.8 Å². The van der Waals surface area contributed by atoms with Crippen molar-refractivity contribution in [2.24, 2.45) is 7.05 Å². The summed E-state index contributed by atoms with van der Waals surface area (Å²) in [5.74, 6) is -1.79. The lowest BCUT2D eigenvalue weighted by Gasteiger charge is -2.05. The Hall–Kier alpha value is -1.86. The maximum atomic E-state index is 12.4. The average molecular weight is 222 g/mol. The molecule has 15 heavy (non-hydrogen) atoms. The third-order valence-corrected chi connectivity index (χ3v) is 1.67. The molecule has 1 aromatic heterocycles. The predicted octanol–water partition coefficient (Wildman–Crippen LogP) is 0.950. The van der Waals surface area contributed by atoms with E-state index >= 15 is 0 Å². The van der Waals surface area contributed by atoms with Gasteiger partial charge in [0.1, 0.15) is 11.3 Å². The fraction of sp³-hybridized carbons (Fsp3) is 0.286. The van der Waals surface area contributed by atoms with Crippen LogP contribution in [0.25, 0.3) is 0 Å². The number of aromatic nitrogens is 2. The van der Waals surface area contributed by atoms with Crippen molar-refractivity contribution in [3.8, 4) is 0 Å². The summed E-state index contributed by atoms with van der Waals surface area (Å²) in [6, 6.07) is 0. The van der Waals surface area contributed by atoms with Crippen molar-refractivity contribution < 1.29 is 27.9 Å². The highest BCUT2D eigenvalue weighted by atomic mass is 19.4. The number of rotatable bonds is 2. The van der Waals surface area contributed by atoms with Crippen molar-refractivity contribution in [3.05, 3.63) is 17.0 Å². The van der Waals surface area contributed by atoms with Crippen LogP contribution in [0.1, 0.15) is 26.5 Å². The molecule has 0 radical (unpaired) electrons. The van der Waals surface area contributed by atoms with Gasteiger partial charge in [-0.3, -0.25) is 9.48 Å². The molecule has 0 amide bonds. The molecule has 0 aliphatic carbocycles. The molecule has 5 nitrogen and oxygen atoms in total. The number of aromatic carboxylic acids is 1. The van der Waals surface area contributed by atoms with Crippen molar-refractivity contribution in [2.45, 2.75) is 6.18 Å². The van der Waals surface area contributed by atoms with Crippen LogP contribution in [0.15, 0.2) is 0 Å². The highest BCUT2D eigenvalue weighted by Crippen LogP contribution is 2.33. The summed E-state index contributed by atoms with van der Waals surface area (Å²) >= 11 is 0. The summed E-state index contributed by atoms with van der Waals surface area (Å²) in [5.41, 5.74) is -3.50. The molecule has 1 N–H and O–H groups in total. The molecule has 0 bridgehead atoms. The molecule has 0 aromatic carbocycles. The van der Waals surface area contributed by atoms with Crippen LogP contribution in [0, 0.1) is 0 Å². The molecule has 0 saturated carbocycles. The van der Waals surface area contributed by atoms with Gasteiger partial charge in [-0.15, -0.1) is 0 Å². The highest BCUT2D eigenvalue weighted by Gasteiger charge is 2.41. The Morgan fingerprint density at radius 3 is 2.40 bits per heavy atom. The summed E-state index contributed by atoms with van der Waals surface area (Å²) in [5, 5.41) is 11.7. The summed E-state index contributed by atoms with van der Waals surface area (Å²) in [6.45, 7) is 0. The lowest BCUT2D eigenvalue weighted by atomic mass is 10.2. The van der Waals surface area contributed by atoms with Crippen LogP contribution in [0.5, 0.6) is 0 Å². The zero-order chi connectivity index (χ0) is 11.8. The third kappa shape index (κ3) is 1.83. The van der Waals surface area contributed by atoms with Gasteiger partial charge in [0, 0.05) is 7.05 Å². The van der Waals surface area contributed by atoms with Gasteiger partial charge in [-0.1, -0.05) is 0 Å². The van der Waals surface area contributed by atoms with E-state index in [4.69, 9.17) is 5.11 Å². The lowest BCUT2D eigenvalue weighted by Crippen LogP contribution is -2.15. The van der Waals surface area contributed by atoms with Gasteiger partial charge in [-0.05, 0) is 0 Å². The third-order valence-electron chi connectivity index (χ3n) is 1.67. The normalized spacial score (nSPS) is 11.5. The lowest BCUT2D eigenvalue weighted by molar-refractivity contribution is -0.138. The van der Waals surface area contributed by atoms with Gasteiger partial charge < -0.3 is 5.11 Å². The molecule has 0 aliphatic heterocycles. The molecule has 8 heteroatoms. The second-order valence-corrected chi connectivity index (χ2v) is 2.65. The van der Waals surface area contributed by atoms with Gasteiger partial charge in [0.2, 0.25) is 0 Å². The Balaban J connectivity index is 3.57. The van der Waals surface area contributed by atoms with Crippen LogP contribution >= 0.6 is 0 Å². The molecule has 82 valence electrons. The van der Waals surface area contributed by atoms with Crippen molar-refractivity contribution in [3.63, 3.8) is 0 Å². The minimum atomic E-state index is -4.92. The number of carboxylic acid groups (broad SMARTS) is 1. The second kappa shape index (κ2) is 3.37. The van der Waals surface area contributed by atoms with Crippen LogP contribution in [-0.2, 0) is 13.2 Å². The fourth-order valence-electron chi connectivity index (χ4n) is 1.15. The molecule has 0 aliphatic rings. The quantitative estimate of drug-likeness (QED) is 0.756. The molecular formula is C7H5F3N2O3. The van der Waals surface area contributed by atoms with Gasteiger partial charge in [0.15, 0.2) is 12.0 Å². The number of aryl methyl sites for hydroxylation is 1. The van der Waals surface area contributed by atoms with Gasteiger partial charge in [-0.2, -0.15) is 18.3 Å². The Morgan fingerprint density at radius 2 is 2.07 bits per heavy atom. The summed E-state index contributed by atoms with van der Waals surface area (Å²) in [6.07, 6.45) is -5.05. The maximum Gasteiger partial charge on any atom is 0.421 e.